The number of nitrogens with one attached hydrogen (secondary N) is 2. The minimum atomic E-state index is -0.411. The number of benzene rings is 3. The first kappa shape index (κ1) is 20.1. The Morgan fingerprint density at radius 3 is 1.90 bits per heavy atom. The standard InChI is InChI=1S/C24H24N2O3/c1-2-25-22(27)17-29-21-15-13-20(14-16-21)26-24(28)23(18-9-5-3-6-10-18)19-11-7-4-8-12-19/h3-16,23H,2,17H2,1H3,(H,25,27)(H,26,28). The number of ether oxygens (including phenoxy) is 1. The van der Waals surface area contributed by atoms with Gasteiger partial charge in [-0.15, -0.1) is 0 Å². The van der Waals surface area contributed by atoms with Crippen LogP contribution in [0.15, 0.2) is 84.9 Å². The number of hydrogen-bond donors (Lipinski definition) is 2. The third-order valence-electron chi connectivity index (χ3n) is 4.39. The largest absolute Gasteiger partial charge is 0.484 e. The normalized spacial score (nSPS) is 10.4. The van der Waals surface area contributed by atoms with Crippen LogP contribution in [0.2, 0.25) is 0 Å². The highest BCUT2D eigenvalue weighted by molar-refractivity contribution is 5.98. The number of hydrogen-bond acceptors (Lipinski definition) is 3. The fourth-order valence-corrected chi connectivity index (χ4v) is 3.03. The van der Waals surface area contributed by atoms with E-state index in [-0.39, 0.29) is 18.4 Å². The molecular formula is C24H24N2O3. The minimum absolute atomic E-state index is 0.0381. The van der Waals surface area contributed by atoms with Gasteiger partial charge in [-0.1, -0.05) is 60.7 Å². The van der Waals surface area contributed by atoms with Crippen molar-refractivity contribution in [1.29, 1.82) is 0 Å². The lowest BCUT2D eigenvalue weighted by atomic mass is 9.90. The third-order valence-corrected chi connectivity index (χ3v) is 4.39. The van der Waals surface area contributed by atoms with Gasteiger partial charge in [0.1, 0.15) is 5.75 Å². The van der Waals surface area contributed by atoms with Crippen LogP contribution < -0.4 is 15.4 Å². The Morgan fingerprint density at radius 2 is 1.38 bits per heavy atom. The predicted octanol–water partition coefficient (Wildman–Crippen LogP) is 3.97. The van der Waals surface area contributed by atoms with Crippen molar-refractivity contribution in [3.05, 3.63) is 96.1 Å². The molecule has 5 heteroatoms. The summed E-state index contributed by atoms with van der Waals surface area (Å²) in [5.41, 5.74) is 2.52. The molecule has 0 aliphatic heterocycles. The molecule has 2 N–H and O–H groups in total. The van der Waals surface area contributed by atoms with Crippen molar-refractivity contribution in [3.8, 4) is 5.75 Å². The van der Waals surface area contributed by atoms with Gasteiger partial charge >= 0.3 is 0 Å². The van der Waals surface area contributed by atoms with E-state index in [1.54, 1.807) is 24.3 Å². The molecule has 0 heterocycles. The van der Waals surface area contributed by atoms with Crippen molar-refractivity contribution in [2.45, 2.75) is 12.8 Å². The van der Waals surface area contributed by atoms with Gasteiger partial charge in [-0.2, -0.15) is 0 Å². The number of carbonyl (C=O) groups excluding carboxylic acids is 2. The Hall–Kier alpha value is -3.60. The van der Waals surface area contributed by atoms with E-state index in [9.17, 15) is 9.59 Å². The summed E-state index contributed by atoms with van der Waals surface area (Å²) >= 11 is 0. The first-order chi connectivity index (χ1) is 14.2. The highest BCUT2D eigenvalue weighted by Crippen LogP contribution is 2.26. The Labute approximate surface area is 170 Å². The summed E-state index contributed by atoms with van der Waals surface area (Å²) in [6.45, 7) is 2.38. The molecule has 0 radical (unpaired) electrons. The molecule has 0 aliphatic rings. The molecule has 2 amide bonds. The SMILES string of the molecule is CCNC(=O)COc1ccc(NC(=O)C(c2ccccc2)c2ccccc2)cc1. The molecule has 0 atom stereocenters. The molecular weight excluding hydrogens is 364 g/mol. The van der Waals surface area contributed by atoms with Crippen LogP contribution in [0.25, 0.3) is 0 Å². The van der Waals surface area contributed by atoms with E-state index in [2.05, 4.69) is 10.6 Å². The van der Waals surface area contributed by atoms with Crippen LogP contribution in [0.3, 0.4) is 0 Å². The Morgan fingerprint density at radius 1 is 0.828 bits per heavy atom. The lowest BCUT2D eigenvalue weighted by Crippen LogP contribution is -2.28. The second kappa shape index (κ2) is 10.1. The van der Waals surface area contributed by atoms with Gasteiger partial charge in [0.05, 0.1) is 5.92 Å². The van der Waals surface area contributed by atoms with E-state index in [4.69, 9.17) is 4.74 Å². The number of amides is 2. The van der Waals surface area contributed by atoms with Crippen molar-refractivity contribution in [3.63, 3.8) is 0 Å². The van der Waals surface area contributed by atoms with Gasteiger partial charge in [0, 0.05) is 12.2 Å². The molecule has 3 aromatic rings. The van der Waals surface area contributed by atoms with E-state index in [1.165, 1.54) is 0 Å². The van der Waals surface area contributed by atoms with Crippen LogP contribution in [-0.2, 0) is 9.59 Å². The second-order valence-electron chi connectivity index (χ2n) is 6.51. The molecule has 3 rings (SSSR count). The summed E-state index contributed by atoms with van der Waals surface area (Å²) in [6, 6.07) is 26.4. The summed E-state index contributed by atoms with van der Waals surface area (Å²) in [5, 5.41) is 5.65. The molecule has 0 fully saturated rings. The molecule has 0 aliphatic carbocycles. The molecule has 0 unspecified atom stereocenters. The summed E-state index contributed by atoms with van der Waals surface area (Å²) in [5.74, 6) is -0.125. The first-order valence-electron chi connectivity index (χ1n) is 9.57. The highest BCUT2D eigenvalue weighted by Gasteiger charge is 2.22. The van der Waals surface area contributed by atoms with Crippen LogP contribution in [0, 0.1) is 0 Å². The molecule has 0 bridgehead atoms. The van der Waals surface area contributed by atoms with Gasteiger partial charge < -0.3 is 15.4 Å². The topological polar surface area (TPSA) is 67.4 Å². The predicted molar refractivity (Wildman–Crippen MR) is 114 cm³/mol. The first-order valence-corrected chi connectivity index (χ1v) is 9.57. The monoisotopic (exact) mass is 388 g/mol. The Bertz CT molecular complexity index is 886. The lowest BCUT2D eigenvalue weighted by Gasteiger charge is -2.18. The zero-order valence-corrected chi connectivity index (χ0v) is 16.3. The van der Waals surface area contributed by atoms with Gasteiger partial charge in [0.15, 0.2) is 6.61 Å². The molecule has 0 saturated heterocycles. The minimum Gasteiger partial charge on any atom is -0.484 e. The second-order valence-corrected chi connectivity index (χ2v) is 6.51. The van der Waals surface area contributed by atoms with E-state index in [0.29, 0.717) is 18.0 Å². The number of carbonyl (C=O) groups is 2. The van der Waals surface area contributed by atoms with Crippen LogP contribution in [0.4, 0.5) is 5.69 Å². The van der Waals surface area contributed by atoms with E-state index in [0.717, 1.165) is 11.1 Å². The van der Waals surface area contributed by atoms with E-state index < -0.39 is 5.92 Å². The van der Waals surface area contributed by atoms with Gasteiger partial charge in [-0.25, -0.2) is 0 Å². The van der Waals surface area contributed by atoms with Crippen molar-refractivity contribution in [2.75, 3.05) is 18.5 Å². The fourth-order valence-electron chi connectivity index (χ4n) is 3.03. The summed E-state index contributed by atoms with van der Waals surface area (Å²) < 4.78 is 5.44. The van der Waals surface area contributed by atoms with Gasteiger partial charge in [0.2, 0.25) is 5.91 Å². The summed E-state index contributed by atoms with van der Waals surface area (Å²) in [4.78, 5) is 24.6. The molecule has 0 aromatic heterocycles. The molecule has 5 nitrogen and oxygen atoms in total. The maximum atomic E-state index is 13.1. The highest BCUT2D eigenvalue weighted by atomic mass is 16.5. The van der Waals surface area contributed by atoms with Crippen LogP contribution >= 0.6 is 0 Å². The lowest BCUT2D eigenvalue weighted by molar-refractivity contribution is -0.123. The average molecular weight is 388 g/mol. The number of likely N-dealkylation sites (N-methyl/N-ethyl adjacent to an activating group) is 1. The Balaban J connectivity index is 1.71. The molecule has 0 spiro atoms. The molecule has 0 saturated carbocycles. The number of anilines is 1. The number of rotatable bonds is 8. The van der Waals surface area contributed by atoms with E-state index >= 15 is 0 Å². The molecule has 148 valence electrons. The smallest absolute Gasteiger partial charge is 0.257 e. The van der Waals surface area contributed by atoms with Crippen molar-refractivity contribution in [2.24, 2.45) is 0 Å². The molecule has 29 heavy (non-hydrogen) atoms. The Kier molecular flexibility index (Phi) is 7.00. The van der Waals surface area contributed by atoms with Crippen molar-refractivity contribution >= 4 is 17.5 Å². The quantitative estimate of drug-likeness (QED) is 0.614. The maximum absolute atomic E-state index is 13.1. The van der Waals surface area contributed by atoms with Crippen LogP contribution in [-0.4, -0.2) is 25.0 Å². The van der Waals surface area contributed by atoms with Gasteiger partial charge in [-0.05, 0) is 42.3 Å². The van der Waals surface area contributed by atoms with Gasteiger partial charge in [0.25, 0.3) is 5.91 Å². The zero-order chi connectivity index (χ0) is 20.5. The van der Waals surface area contributed by atoms with E-state index in [1.807, 2.05) is 67.6 Å². The molecule has 3 aromatic carbocycles. The summed E-state index contributed by atoms with van der Waals surface area (Å²) in [6.07, 6.45) is 0. The van der Waals surface area contributed by atoms with Crippen molar-refractivity contribution in [1.82, 2.24) is 5.32 Å². The maximum Gasteiger partial charge on any atom is 0.257 e. The van der Waals surface area contributed by atoms with Gasteiger partial charge in [-0.3, -0.25) is 9.59 Å². The summed E-state index contributed by atoms with van der Waals surface area (Å²) in [7, 11) is 0. The van der Waals surface area contributed by atoms with Crippen molar-refractivity contribution < 1.29 is 14.3 Å². The van der Waals surface area contributed by atoms with Crippen LogP contribution in [0.1, 0.15) is 24.0 Å². The average Bonchev–Trinajstić information content (AvgIpc) is 2.75. The fraction of sp³-hybridized carbons (Fsp3) is 0.167. The third kappa shape index (κ3) is 5.69. The zero-order valence-electron chi connectivity index (χ0n) is 16.3. The van der Waals surface area contributed by atoms with Crippen LogP contribution in [0.5, 0.6) is 5.75 Å².